The average Bonchev–Trinajstić information content (AvgIpc) is 2.99. The molecule has 1 aromatic heterocycles. The van der Waals surface area contributed by atoms with E-state index in [2.05, 4.69) is 54.4 Å². The summed E-state index contributed by atoms with van der Waals surface area (Å²) in [6.45, 7) is 12.3. The van der Waals surface area contributed by atoms with Crippen molar-refractivity contribution in [3.05, 3.63) is 53.0 Å². The van der Waals surface area contributed by atoms with E-state index in [0.717, 1.165) is 56.1 Å². The molecule has 4 nitrogen and oxygen atoms in total. The summed E-state index contributed by atoms with van der Waals surface area (Å²) in [5.74, 6) is 2.73. The quantitative estimate of drug-likeness (QED) is 0.620. The van der Waals surface area contributed by atoms with Gasteiger partial charge in [-0.3, -0.25) is 9.69 Å². The fraction of sp³-hybridized carbons (Fsp3) is 0.542. The highest BCUT2D eigenvalue weighted by molar-refractivity contribution is 7.99. The summed E-state index contributed by atoms with van der Waals surface area (Å²) >= 11 is 1.85. The number of nitrogens with one attached hydrogen (secondary N) is 1. The van der Waals surface area contributed by atoms with Gasteiger partial charge in [0.2, 0.25) is 5.91 Å². The Bertz CT molecular complexity index is 790. The van der Waals surface area contributed by atoms with Gasteiger partial charge in [0.1, 0.15) is 11.5 Å². The molecule has 2 aromatic rings. The topological polar surface area (TPSA) is 45.5 Å². The van der Waals surface area contributed by atoms with Gasteiger partial charge in [-0.2, -0.15) is 0 Å². The van der Waals surface area contributed by atoms with Crippen molar-refractivity contribution in [3.8, 4) is 0 Å². The van der Waals surface area contributed by atoms with Crippen LogP contribution in [0.25, 0.3) is 0 Å². The SMILES string of the molecule is Cc1cc(CN2CCC(CNC(=O)Cc3ccc(SC(C)C)cc3)CC2)c(C)o1. The smallest absolute Gasteiger partial charge is 0.224 e. The molecule has 1 aromatic carbocycles. The van der Waals surface area contributed by atoms with Gasteiger partial charge >= 0.3 is 0 Å². The Kier molecular flexibility index (Phi) is 7.84. The number of benzene rings is 1. The van der Waals surface area contributed by atoms with Gasteiger partial charge in [0.05, 0.1) is 6.42 Å². The van der Waals surface area contributed by atoms with E-state index in [1.165, 1.54) is 10.5 Å². The van der Waals surface area contributed by atoms with E-state index in [4.69, 9.17) is 4.42 Å². The van der Waals surface area contributed by atoms with Crippen molar-refractivity contribution in [2.75, 3.05) is 19.6 Å². The zero-order chi connectivity index (χ0) is 20.8. The molecule has 1 aliphatic rings. The third kappa shape index (κ3) is 6.93. The molecule has 158 valence electrons. The molecule has 29 heavy (non-hydrogen) atoms. The van der Waals surface area contributed by atoms with E-state index in [1.807, 2.05) is 25.6 Å². The van der Waals surface area contributed by atoms with E-state index in [0.29, 0.717) is 17.6 Å². The number of rotatable bonds is 8. The first-order chi connectivity index (χ1) is 13.9. The first-order valence-electron chi connectivity index (χ1n) is 10.7. The first kappa shape index (κ1) is 22.0. The second-order valence-corrected chi connectivity index (χ2v) is 10.1. The molecular formula is C24H34N2O2S. The lowest BCUT2D eigenvalue weighted by molar-refractivity contribution is -0.120. The zero-order valence-corrected chi connectivity index (χ0v) is 19.0. The number of carbonyl (C=O) groups is 1. The van der Waals surface area contributed by atoms with Crippen LogP contribution in [0.2, 0.25) is 0 Å². The predicted octanol–water partition coefficient (Wildman–Crippen LogP) is 4.97. The molecule has 0 aliphatic carbocycles. The number of nitrogens with zero attached hydrogens (tertiary/aromatic N) is 1. The van der Waals surface area contributed by atoms with Gasteiger partial charge in [-0.05, 0) is 69.5 Å². The molecule has 1 N–H and O–H groups in total. The lowest BCUT2D eigenvalue weighted by Gasteiger charge is -2.31. The molecule has 0 atom stereocenters. The second-order valence-electron chi connectivity index (χ2n) is 8.45. The minimum atomic E-state index is 0.126. The Morgan fingerprint density at radius 1 is 1.21 bits per heavy atom. The van der Waals surface area contributed by atoms with Crippen LogP contribution in [0.1, 0.15) is 49.3 Å². The van der Waals surface area contributed by atoms with Crippen molar-refractivity contribution in [2.24, 2.45) is 5.92 Å². The lowest BCUT2D eigenvalue weighted by atomic mass is 9.96. The molecule has 1 saturated heterocycles. The van der Waals surface area contributed by atoms with Crippen molar-refractivity contribution in [1.29, 1.82) is 0 Å². The number of hydrogen-bond acceptors (Lipinski definition) is 4. The number of thioether (sulfide) groups is 1. The summed E-state index contributed by atoms with van der Waals surface area (Å²) in [6.07, 6.45) is 2.74. The van der Waals surface area contributed by atoms with E-state index < -0.39 is 0 Å². The minimum Gasteiger partial charge on any atom is -0.466 e. The van der Waals surface area contributed by atoms with Crippen LogP contribution in [-0.2, 0) is 17.8 Å². The maximum atomic E-state index is 12.3. The molecule has 2 heterocycles. The molecule has 0 radical (unpaired) electrons. The zero-order valence-electron chi connectivity index (χ0n) is 18.2. The van der Waals surface area contributed by atoms with Crippen LogP contribution in [0.15, 0.2) is 39.6 Å². The molecule has 5 heteroatoms. The standard InChI is InChI=1S/C24H34N2O2S/c1-17(2)29-23-7-5-20(6-8-23)14-24(27)25-15-21-9-11-26(12-10-21)16-22-13-18(3)28-19(22)4/h5-8,13,17,21H,9-12,14-16H2,1-4H3,(H,25,27). The normalized spacial score (nSPS) is 15.8. The highest BCUT2D eigenvalue weighted by Gasteiger charge is 2.21. The summed E-state index contributed by atoms with van der Waals surface area (Å²) in [5.41, 5.74) is 2.38. The molecule has 0 bridgehead atoms. The third-order valence-corrected chi connectivity index (χ3v) is 6.51. The van der Waals surface area contributed by atoms with Gasteiger partial charge < -0.3 is 9.73 Å². The van der Waals surface area contributed by atoms with Crippen LogP contribution in [0.5, 0.6) is 0 Å². The van der Waals surface area contributed by atoms with Crippen LogP contribution in [0.4, 0.5) is 0 Å². The van der Waals surface area contributed by atoms with Gasteiger partial charge in [0, 0.05) is 28.8 Å². The third-order valence-electron chi connectivity index (χ3n) is 5.49. The molecular weight excluding hydrogens is 380 g/mol. The monoisotopic (exact) mass is 414 g/mol. The van der Waals surface area contributed by atoms with Gasteiger partial charge in [0.15, 0.2) is 0 Å². The summed E-state index contributed by atoms with van der Waals surface area (Å²) in [4.78, 5) is 16.1. The second kappa shape index (κ2) is 10.4. The summed E-state index contributed by atoms with van der Waals surface area (Å²) in [7, 11) is 0. The Balaban J connectivity index is 1.36. The first-order valence-corrected chi connectivity index (χ1v) is 11.6. The van der Waals surface area contributed by atoms with Crippen molar-refractivity contribution in [2.45, 2.75) is 63.6 Å². The van der Waals surface area contributed by atoms with Gasteiger partial charge in [0.25, 0.3) is 0 Å². The molecule has 0 spiro atoms. The number of piperidine rings is 1. The average molecular weight is 415 g/mol. The van der Waals surface area contributed by atoms with E-state index in [1.54, 1.807) is 0 Å². The fourth-order valence-corrected chi connectivity index (χ4v) is 4.73. The number of amides is 1. The minimum absolute atomic E-state index is 0.126. The highest BCUT2D eigenvalue weighted by atomic mass is 32.2. The molecule has 0 saturated carbocycles. The van der Waals surface area contributed by atoms with Gasteiger partial charge in [-0.25, -0.2) is 0 Å². The Labute approximate surface area is 179 Å². The number of carbonyl (C=O) groups excluding carboxylic acids is 1. The molecule has 1 aliphatic heterocycles. The van der Waals surface area contributed by atoms with Crippen LogP contribution >= 0.6 is 11.8 Å². The number of hydrogen-bond donors (Lipinski definition) is 1. The largest absolute Gasteiger partial charge is 0.466 e. The number of likely N-dealkylation sites (tertiary alicyclic amines) is 1. The highest BCUT2D eigenvalue weighted by Crippen LogP contribution is 2.23. The number of furan rings is 1. The summed E-state index contributed by atoms with van der Waals surface area (Å²) < 4.78 is 5.64. The Hall–Kier alpha value is -1.72. The van der Waals surface area contributed by atoms with Crippen molar-refractivity contribution in [1.82, 2.24) is 10.2 Å². The Morgan fingerprint density at radius 2 is 1.90 bits per heavy atom. The van der Waals surface area contributed by atoms with E-state index in [-0.39, 0.29) is 5.91 Å². The van der Waals surface area contributed by atoms with Gasteiger partial charge in [-0.1, -0.05) is 26.0 Å². The Morgan fingerprint density at radius 3 is 2.48 bits per heavy atom. The maximum absolute atomic E-state index is 12.3. The van der Waals surface area contributed by atoms with Gasteiger partial charge in [-0.15, -0.1) is 11.8 Å². The number of aryl methyl sites for hydroxylation is 2. The molecule has 1 fully saturated rings. The van der Waals surface area contributed by atoms with Crippen molar-refractivity contribution < 1.29 is 9.21 Å². The van der Waals surface area contributed by atoms with Crippen molar-refractivity contribution in [3.63, 3.8) is 0 Å². The van der Waals surface area contributed by atoms with E-state index >= 15 is 0 Å². The van der Waals surface area contributed by atoms with Crippen molar-refractivity contribution >= 4 is 17.7 Å². The predicted molar refractivity (Wildman–Crippen MR) is 120 cm³/mol. The van der Waals surface area contributed by atoms with E-state index in [9.17, 15) is 4.79 Å². The van der Waals surface area contributed by atoms with Crippen LogP contribution in [-0.4, -0.2) is 35.7 Å². The molecule has 0 unspecified atom stereocenters. The lowest BCUT2D eigenvalue weighted by Crippen LogP contribution is -2.38. The molecule has 3 rings (SSSR count). The maximum Gasteiger partial charge on any atom is 0.224 e. The van der Waals surface area contributed by atoms with Crippen LogP contribution < -0.4 is 5.32 Å². The van der Waals surface area contributed by atoms with Crippen LogP contribution in [0.3, 0.4) is 0 Å². The molecule has 1 amide bonds. The van der Waals surface area contributed by atoms with Crippen LogP contribution in [0, 0.1) is 19.8 Å². The summed E-state index contributed by atoms with van der Waals surface area (Å²) in [6, 6.07) is 10.5. The fourth-order valence-electron chi connectivity index (χ4n) is 3.89. The summed E-state index contributed by atoms with van der Waals surface area (Å²) in [5, 5.41) is 3.72.